The monoisotopic (exact) mass is 209 g/mol. The quantitative estimate of drug-likeness (QED) is 0.729. The minimum absolute atomic E-state index is 0.608. The molecule has 0 aromatic heterocycles. The molecule has 0 saturated heterocycles. The fraction of sp³-hybridized carbons (Fsp3) is 0.133. The lowest BCUT2D eigenvalue weighted by Gasteiger charge is -2.11. The van der Waals surface area contributed by atoms with Crippen LogP contribution in [-0.2, 0) is 0 Å². The molecule has 0 unspecified atom stereocenters. The lowest BCUT2D eigenvalue weighted by atomic mass is 9.94. The summed E-state index contributed by atoms with van der Waals surface area (Å²) >= 11 is 0. The molecule has 2 aromatic carbocycles. The van der Waals surface area contributed by atoms with Gasteiger partial charge in [0.05, 0.1) is 5.71 Å². The lowest BCUT2D eigenvalue weighted by Crippen LogP contribution is -2.05. The normalized spacial score (nSPS) is 10.1. The number of hydrogen-bond donors (Lipinski definition) is 1. The van der Waals surface area contributed by atoms with Gasteiger partial charge >= 0.3 is 0 Å². The lowest BCUT2D eigenvalue weighted by molar-refractivity contribution is 1.32. The molecule has 0 aliphatic rings. The topological polar surface area (TPSA) is 23.9 Å². The molecule has 2 rings (SSSR count). The van der Waals surface area contributed by atoms with Crippen molar-refractivity contribution in [2.45, 2.75) is 13.8 Å². The van der Waals surface area contributed by atoms with E-state index in [4.69, 9.17) is 5.41 Å². The van der Waals surface area contributed by atoms with Crippen LogP contribution < -0.4 is 0 Å². The van der Waals surface area contributed by atoms with Gasteiger partial charge in [-0.15, -0.1) is 0 Å². The summed E-state index contributed by atoms with van der Waals surface area (Å²) in [6.45, 7) is 4.11. The molecule has 0 bridgehead atoms. The van der Waals surface area contributed by atoms with Crippen molar-refractivity contribution in [1.29, 1.82) is 5.41 Å². The highest BCUT2D eigenvalue weighted by atomic mass is 14.4. The van der Waals surface area contributed by atoms with Crippen LogP contribution in [0.3, 0.4) is 0 Å². The Hall–Kier alpha value is -1.89. The van der Waals surface area contributed by atoms with Crippen LogP contribution in [0.5, 0.6) is 0 Å². The van der Waals surface area contributed by atoms with Gasteiger partial charge in [0.25, 0.3) is 0 Å². The molecule has 0 fully saturated rings. The van der Waals surface area contributed by atoms with Gasteiger partial charge in [-0.2, -0.15) is 0 Å². The summed E-state index contributed by atoms with van der Waals surface area (Å²) < 4.78 is 0. The van der Waals surface area contributed by atoms with Crippen molar-refractivity contribution in [2.75, 3.05) is 0 Å². The Kier molecular flexibility index (Phi) is 2.86. The van der Waals surface area contributed by atoms with Gasteiger partial charge in [-0.3, -0.25) is 5.41 Å². The minimum atomic E-state index is 0.608. The summed E-state index contributed by atoms with van der Waals surface area (Å²) in [7, 11) is 0. The number of hydrogen-bond acceptors (Lipinski definition) is 1. The Morgan fingerprint density at radius 3 is 1.94 bits per heavy atom. The first-order valence-electron chi connectivity index (χ1n) is 5.40. The van der Waals surface area contributed by atoms with Gasteiger partial charge in [0.15, 0.2) is 0 Å². The fourth-order valence-corrected chi connectivity index (χ4v) is 1.96. The predicted octanol–water partition coefficient (Wildman–Crippen LogP) is 3.72. The molecule has 2 aromatic rings. The first kappa shape index (κ1) is 10.6. The van der Waals surface area contributed by atoms with E-state index in [1.54, 1.807) is 0 Å². The number of aryl methyl sites for hydroxylation is 2. The van der Waals surface area contributed by atoms with E-state index in [1.807, 2.05) is 36.4 Å². The van der Waals surface area contributed by atoms with E-state index in [0.717, 1.165) is 22.3 Å². The summed E-state index contributed by atoms with van der Waals surface area (Å²) in [4.78, 5) is 0. The average Bonchev–Trinajstić information content (AvgIpc) is 2.30. The van der Waals surface area contributed by atoms with E-state index in [-0.39, 0.29) is 0 Å². The Labute approximate surface area is 96.3 Å². The van der Waals surface area contributed by atoms with Gasteiger partial charge in [0.2, 0.25) is 0 Å². The fourth-order valence-electron chi connectivity index (χ4n) is 1.96. The summed E-state index contributed by atoms with van der Waals surface area (Å²) in [5.74, 6) is 0. The third-order valence-electron chi connectivity index (χ3n) is 2.79. The first-order valence-corrected chi connectivity index (χ1v) is 5.40. The van der Waals surface area contributed by atoms with Gasteiger partial charge in [0, 0.05) is 11.1 Å². The second-order valence-corrected chi connectivity index (χ2v) is 4.01. The van der Waals surface area contributed by atoms with Crippen molar-refractivity contribution in [3.05, 3.63) is 70.8 Å². The van der Waals surface area contributed by atoms with Crippen molar-refractivity contribution in [3.63, 3.8) is 0 Å². The molecule has 1 nitrogen and oxygen atoms in total. The zero-order valence-electron chi connectivity index (χ0n) is 9.62. The third kappa shape index (κ3) is 1.89. The van der Waals surface area contributed by atoms with Crippen LogP contribution >= 0.6 is 0 Å². The number of benzene rings is 2. The van der Waals surface area contributed by atoms with Crippen LogP contribution in [-0.4, -0.2) is 5.71 Å². The molecule has 1 heteroatoms. The standard InChI is InChI=1S/C15H15N/c1-11-7-6-8-12(2)14(11)15(16)13-9-4-3-5-10-13/h3-10,16H,1-2H3. The second kappa shape index (κ2) is 4.31. The Morgan fingerprint density at radius 2 is 1.38 bits per heavy atom. The molecule has 0 aliphatic heterocycles. The minimum Gasteiger partial charge on any atom is -0.300 e. The summed E-state index contributed by atoms with van der Waals surface area (Å²) in [5, 5.41) is 8.25. The number of nitrogens with one attached hydrogen (secondary N) is 1. The highest BCUT2D eigenvalue weighted by Gasteiger charge is 2.09. The van der Waals surface area contributed by atoms with Gasteiger partial charge in [-0.1, -0.05) is 48.5 Å². The van der Waals surface area contributed by atoms with Crippen LogP contribution in [0.25, 0.3) is 0 Å². The maximum Gasteiger partial charge on any atom is 0.0689 e. The second-order valence-electron chi connectivity index (χ2n) is 4.01. The van der Waals surface area contributed by atoms with Gasteiger partial charge in [-0.25, -0.2) is 0 Å². The summed E-state index contributed by atoms with van der Waals surface area (Å²) in [5.41, 5.74) is 4.95. The summed E-state index contributed by atoms with van der Waals surface area (Å²) in [6.07, 6.45) is 0. The van der Waals surface area contributed by atoms with E-state index in [2.05, 4.69) is 26.0 Å². The Morgan fingerprint density at radius 1 is 0.812 bits per heavy atom. The smallest absolute Gasteiger partial charge is 0.0689 e. The van der Waals surface area contributed by atoms with E-state index in [1.165, 1.54) is 0 Å². The van der Waals surface area contributed by atoms with E-state index in [0.29, 0.717) is 5.71 Å². The molecule has 1 N–H and O–H groups in total. The largest absolute Gasteiger partial charge is 0.300 e. The molecule has 0 aliphatic carbocycles. The average molecular weight is 209 g/mol. The molecule has 0 amide bonds. The molecule has 16 heavy (non-hydrogen) atoms. The highest BCUT2D eigenvalue weighted by Crippen LogP contribution is 2.17. The van der Waals surface area contributed by atoms with Crippen LogP contribution in [0, 0.1) is 19.3 Å². The molecule has 0 heterocycles. The Balaban J connectivity index is 2.50. The predicted molar refractivity (Wildman–Crippen MR) is 68.3 cm³/mol. The summed E-state index contributed by atoms with van der Waals surface area (Å²) in [6, 6.07) is 16.0. The molecule has 0 saturated carbocycles. The van der Waals surface area contributed by atoms with Crippen molar-refractivity contribution >= 4 is 5.71 Å². The van der Waals surface area contributed by atoms with Crippen molar-refractivity contribution in [2.24, 2.45) is 0 Å². The van der Waals surface area contributed by atoms with Crippen molar-refractivity contribution in [1.82, 2.24) is 0 Å². The molecule has 0 radical (unpaired) electrons. The SMILES string of the molecule is Cc1cccc(C)c1C(=N)c1ccccc1. The van der Waals surface area contributed by atoms with E-state index < -0.39 is 0 Å². The van der Waals surface area contributed by atoms with Crippen LogP contribution in [0.2, 0.25) is 0 Å². The molecule has 0 spiro atoms. The Bertz CT molecular complexity index is 492. The first-order chi connectivity index (χ1) is 7.70. The van der Waals surface area contributed by atoms with E-state index >= 15 is 0 Å². The zero-order valence-corrected chi connectivity index (χ0v) is 9.62. The maximum absolute atomic E-state index is 8.25. The highest BCUT2D eigenvalue weighted by molar-refractivity contribution is 6.12. The van der Waals surface area contributed by atoms with Crippen LogP contribution in [0.1, 0.15) is 22.3 Å². The van der Waals surface area contributed by atoms with Gasteiger partial charge < -0.3 is 0 Å². The molecular weight excluding hydrogens is 194 g/mol. The maximum atomic E-state index is 8.25. The molecule has 0 atom stereocenters. The van der Waals surface area contributed by atoms with Crippen molar-refractivity contribution in [3.8, 4) is 0 Å². The van der Waals surface area contributed by atoms with Crippen LogP contribution in [0.15, 0.2) is 48.5 Å². The van der Waals surface area contributed by atoms with E-state index in [9.17, 15) is 0 Å². The van der Waals surface area contributed by atoms with Crippen molar-refractivity contribution < 1.29 is 0 Å². The number of rotatable bonds is 2. The third-order valence-corrected chi connectivity index (χ3v) is 2.79. The molecule has 80 valence electrons. The van der Waals surface area contributed by atoms with Gasteiger partial charge in [0.1, 0.15) is 0 Å². The molecular formula is C15H15N. The van der Waals surface area contributed by atoms with Gasteiger partial charge in [-0.05, 0) is 25.0 Å². The zero-order chi connectivity index (χ0) is 11.5. The van der Waals surface area contributed by atoms with Crippen LogP contribution in [0.4, 0.5) is 0 Å².